The predicted octanol–water partition coefficient (Wildman–Crippen LogP) is 4.25. The molecule has 0 saturated heterocycles. The first-order chi connectivity index (χ1) is 7.65. The van der Waals surface area contributed by atoms with E-state index in [9.17, 15) is 0 Å². The molecular weight excluding hydrogens is 266 g/mol. The first-order valence-corrected chi connectivity index (χ1v) is 5.81. The van der Waals surface area contributed by atoms with Crippen LogP contribution in [0.2, 0.25) is 0 Å². The molecule has 1 aromatic carbocycles. The third-order valence-corrected chi connectivity index (χ3v) is 2.74. The van der Waals surface area contributed by atoms with E-state index in [2.05, 4.69) is 20.9 Å². The molecule has 0 atom stereocenters. The van der Waals surface area contributed by atoms with Crippen LogP contribution in [0.15, 0.2) is 41.0 Å². The summed E-state index contributed by atoms with van der Waals surface area (Å²) in [6.45, 7) is 3.97. The number of halogens is 1. The Balaban J connectivity index is 2.23. The van der Waals surface area contributed by atoms with Gasteiger partial charge >= 0.3 is 0 Å². The lowest BCUT2D eigenvalue weighted by molar-refractivity contribution is 0.476. The van der Waals surface area contributed by atoms with Gasteiger partial charge in [0.1, 0.15) is 11.5 Å². The van der Waals surface area contributed by atoms with Crippen LogP contribution >= 0.6 is 15.9 Å². The molecule has 82 valence electrons. The van der Waals surface area contributed by atoms with Gasteiger partial charge in [-0.1, -0.05) is 15.9 Å². The summed E-state index contributed by atoms with van der Waals surface area (Å²) in [5.74, 6) is 1.62. The zero-order valence-corrected chi connectivity index (χ0v) is 10.8. The Morgan fingerprint density at radius 3 is 2.56 bits per heavy atom. The number of nitrogens with zero attached hydrogens (tertiary/aromatic N) is 1. The van der Waals surface area contributed by atoms with E-state index >= 15 is 0 Å². The quantitative estimate of drug-likeness (QED) is 0.819. The maximum Gasteiger partial charge on any atom is 0.145 e. The van der Waals surface area contributed by atoms with E-state index in [1.165, 1.54) is 0 Å². The second-order valence-corrected chi connectivity index (χ2v) is 4.56. The van der Waals surface area contributed by atoms with Crippen molar-refractivity contribution in [1.29, 1.82) is 0 Å². The number of benzene rings is 1. The van der Waals surface area contributed by atoms with Crippen molar-refractivity contribution in [3.63, 3.8) is 0 Å². The van der Waals surface area contributed by atoms with Crippen LogP contribution < -0.4 is 4.74 Å². The topological polar surface area (TPSA) is 22.1 Å². The first-order valence-electron chi connectivity index (χ1n) is 5.02. The maximum atomic E-state index is 5.74. The number of pyridine rings is 1. The zero-order valence-electron chi connectivity index (χ0n) is 9.20. The molecule has 0 spiro atoms. The van der Waals surface area contributed by atoms with Crippen LogP contribution in [0.5, 0.6) is 11.5 Å². The highest BCUT2D eigenvalue weighted by Gasteiger charge is 2.01. The van der Waals surface area contributed by atoms with Gasteiger partial charge in [0.25, 0.3) is 0 Å². The lowest BCUT2D eigenvalue weighted by atomic mass is 10.2. The molecule has 0 bridgehead atoms. The Labute approximate surface area is 103 Å². The molecule has 3 heteroatoms. The summed E-state index contributed by atoms with van der Waals surface area (Å²) in [5, 5.41) is 0. The minimum Gasteiger partial charge on any atom is -0.455 e. The van der Waals surface area contributed by atoms with Crippen molar-refractivity contribution in [3.05, 3.63) is 52.3 Å². The monoisotopic (exact) mass is 277 g/mol. The van der Waals surface area contributed by atoms with E-state index < -0.39 is 0 Å². The molecule has 0 N–H and O–H groups in total. The van der Waals surface area contributed by atoms with Crippen molar-refractivity contribution in [2.75, 3.05) is 0 Å². The SMILES string of the molecule is Cc1ccc(Oc2ccc(Br)cc2C)cn1. The molecule has 16 heavy (non-hydrogen) atoms. The van der Waals surface area contributed by atoms with Crippen LogP contribution in [0.3, 0.4) is 0 Å². The third-order valence-electron chi connectivity index (χ3n) is 2.25. The summed E-state index contributed by atoms with van der Waals surface area (Å²) >= 11 is 3.42. The number of hydrogen-bond donors (Lipinski definition) is 0. The van der Waals surface area contributed by atoms with Crippen molar-refractivity contribution >= 4 is 15.9 Å². The Morgan fingerprint density at radius 2 is 1.94 bits per heavy atom. The van der Waals surface area contributed by atoms with E-state index in [4.69, 9.17) is 4.74 Å². The van der Waals surface area contributed by atoms with Gasteiger partial charge in [0.15, 0.2) is 0 Å². The van der Waals surface area contributed by atoms with Gasteiger partial charge in [-0.2, -0.15) is 0 Å². The molecule has 0 amide bonds. The fraction of sp³-hybridized carbons (Fsp3) is 0.154. The molecule has 0 aliphatic heterocycles. The highest BCUT2D eigenvalue weighted by atomic mass is 79.9. The molecule has 0 fully saturated rings. The van der Waals surface area contributed by atoms with Gasteiger partial charge in [0, 0.05) is 10.2 Å². The second kappa shape index (κ2) is 4.66. The number of rotatable bonds is 2. The van der Waals surface area contributed by atoms with E-state index in [1.807, 2.05) is 44.2 Å². The standard InChI is InChI=1S/C13H12BrNO/c1-9-7-11(14)4-6-13(9)16-12-5-3-10(2)15-8-12/h3-8H,1-2H3. The van der Waals surface area contributed by atoms with Gasteiger partial charge in [-0.25, -0.2) is 0 Å². The van der Waals surface area contributed by atoms with E-state index in [1.54, 1.807) is 6.20 Å². The molecule has 2 nitrogen and oxygen atoms in total. The van der Waals surface area contributed by atoms with E-state index in [-0.39, 0.29) is 0 Å². The lowest BCUT2D eigenvalue weighted by Crippen LogP contribution is -1.89. The fourth-order valence-electron chi connectivity index (χ4n) is 1.37. The van der Waals surface area contributed by atoms with Crippen LogP contribution in [-0.2, 0) is 0 Å². The first kappa shape index (κ1) is 11.1. The summed E-state index contributed by atoms with van der Waals surface area (Å²) in [6, 6.07) is 9.79. The number of ether oxygens (including phenoxy) is 1. The molecule has 1 aromatic heterocycles. The maximum absolute atomic E-state index is 5.74. The average molecular weight is 278 g/mol. The predicted molar refractivity (Wildman–Crippen MR) is 67.9 cm³/mol. The van der Waals surface area contributed by atoms with Crippen LogP contribution in [-0.4, -0.2) is 4.98 Å². The Hall–Kier alpha value is -1.35. The molecule has 2 aromatic rings. The smallest absolute Gasteiger partial charge is 0.145 e. The van der Waals surface area contributed by atoms with E-state index in [0.29, 0.717) is 0 Å². The lowest BCUT2D eigenvalue weighted by Gasteiger charge is -2.08. The normalized spacial score (nSPS) is 10.2. The van der Waals surface area contributed by atoms with E-state index in [0.717, 1.165) is 27.2 Å². The van der Waals surface area contributed by atoms with Gasteiger partial charge in [-0.3, -0.25) is 4.98 Å². The summed E-state index contributed by atoms with van der Waals surface area (Å²) < 4.78 is 6.79. The van der Waals surface area contributed by atoms with Gasteiger partial charge in [0.2, 0.25) is 0 Å². The highest BCUT2D eigenvalue weighted by Crippen LogP contribution is 2.26. The highest BCUT2D eigenvalue weighted by molar-refractivity contribution is 9.10. The van der Waals surface area contributed by atoms with Crippen LogP contribution in [0, 0.1) is 13.8 Å². The molecule has 0 radical (unpaired) electrons. The third kappa shape index (κ3) is 2.61. The van der Waals surface area contributed by atoms with Crippen molar-refractivity contribution in [2.45, 2.75) is 13.8 Å². The number of aryl methyl sites for hydroxylation is 2. The van der Waals surface area contributed by atoms with Gasteiger partial charge in [0.05, 0.1) is 6.20 Å². The summed E-state index contributed by atoms with van der Waals surface area (Å²) in [7, 11) is 0. The van der Waals surface area contributed by atoms with Crippen LogP contribution in [0.1, 0.15) is 11.3 Å². The summed E-state index contributed by atoms with van der Waals surface area (Å²) in [4.78, 5) is 4.19. The number of aromatic nitrogens is 1. The van der Waals surface area contributed by atoms with Crippen molar-refractivity contribution < 1.29 is 4.74 Å². The molecule has 0 aliphatic rings. The molecule has 0 saturated carbocycles. The fourth-order valence-corrected chi connectivity index (χ4v) is 1.84. The second-order valence-electron chi connectivity index (χ2n) is 3.65. The average Bonchev–Trinajstić information content (AvgIpc) is 2.25. The molecular formula is C13H12BrNO. The minimum atomic E-state index is 0.760. The van der Waals surface area contributed by atoms with Gasteiger partial charge in [-0.05, 0) is 49.7 Å². The molecule has 1 heterocycles. The van der Waals surface area contributed by atoms with Crippen LogP contribution in [0.25, 0.3) is 0 Å². The Kier molecular flexibility index (Phi) is 3.25. The zero-order chi connectivity index (χ0) is 11.5. The summed E-state index contributed by atoms with van der Waals surface area (Å²) in [5.41, 5.74) is 2.08. The van der Waals surface area contributed by atoms with Crippen molar-refractivity contribution in [3.8, 4) is 11.5 Å². The summed E-state index contributed by atoms with van der Waals surface area (Å²) in [6.07, 6.45) is 1.73. The molecule has 2 rings (SSSR count). The van der Waals surface area contributed by atoms with Gasteiger partial charge in [-0.15, -0.1) is 0 Å². The Bertz CT molecular complexity index is 494. The molecule has 0 aliphatic carbocycles. The Morgan fingerprint density at radius 1 is 1.12 bits per heavy atom. The van der Waals surface area contributed by atoms with Crippen LogP contribution in [0.4, 0.5) is 0 Å². The largest absolute Gasteiger partial charge is 0.455 e. The van der Waals surface area contributed by atoms with Crippen molar-refractivity contribution in [2.24, 2.45) is 0 Å². The van der Waals surface area contributed by atoms with Crippen molar-refractivity contribution in [1.82, 2.24) is 4.98 Å². The molecule has 0 unspecified atom stereocenters. The number of hydrogen-bond acceptors (Lipinski definition) is 2. The minimum absolute atomic E-state index is 0.760. The van der Waals surface area contributed by atoms with Gasteiger partial charge < -0.3 is 4.74 Å².